The van der Waals surface area contributed by atoms with Crippen molar-refractivity contribution in [3.63, 3.8) is 0 Å². The van der Waals surface area contributed by atoms with Crippen LogP contribution in [0.4, 0.5) is 0 Å². The average Bonchev–Trinajstić information content (AvgIpc) is 2.23. The summed E-state index contributed by atoms with van der Waals surface area (Å²) in [6.45, 7) is 3.89. The smallest absolute Gasteiger partial charge is 0.0674 e. The van der Waals surface area contributed by atoms with Gasteiger partial charge in [-0.1, -0.05) is 52.5 Å². The minimum Gasteiger partial charge on any atom is -0.0833 e. The minimum absolute atomic E-state index is 0.540. The zero-order valence-corrected chi connectivity index (χ0v) is 10.6. The Morgan fingerprint density at radius 3 is 2.13 bits per heavy atom. The second-order valence-electron chi connectivity index (χ2n) is 3.62. The lowest BCUT2D eigenvalue weighted by Crippen LogP contribution is -1.85. The number of aryl methyl sites for hydroxylation is 1. The molecule has 0 aliphatic rings. The summed E-state index contributed by atoms with van der Waals surface area (Å²) < 4.78 is 0. The van der Waals surface area contributed by atoms with Crippen molar-refractivity contribution < 1.29 is 0 Å². The summed E-state index contributed by atoms with van der Waals surface area (Å²) in [4.78, 5) is 0. The molecule has 2 rings (SSSR count). The van der Waals surface area contributed by atoms with Gasteiger partial charge in [0.2, 0.25) is 0 Å². The van der Waals surface area contributed by atoms with E-state index < -0.39 is 0 Å². The fourth-order valence-corrected chi connectivity index (χ4v) is 2.41. The third kappa shape index (κ3) is 1.71. The highest BCUT2D eigenvalue weighted by Gasteiger charge is 2.12. The summed E-state index contributed by atoms with van der Waals surface area (Å²) in [5.41, 5.74) is 1.99. The zero-order chi connectivity index (χ0) is 11.2. The van der Waals surface area contributed by atoms with E-state index in [1.54, 1.807) is 0 Å². The molecule has 78 valence electrons. The quantitative estimate of drug-likeness (QED) is 0.554. The molecule has 0 N–H and O–H groups in total. The third-order valence-electron chi connectivity index (χ3n) is 2.50. The largest absolute Gasteiger partial charge is 0.0833 e. The maximum absolute atomic E-state index is 6.23. The molecule has 0 aliphatic carbocycles. The van der Waals surface area contributed by atoms with Crippen LogP contribution in [-0.4, -0.2) is 0 Å². The van der Waals surface area contributed by atoms with Gasteiger partial charge in [0.15, 0.2) is 0 Å². The van der Waals surface area contributed by atoms with E-state index in [9.17, 15) is 0 Å². The third-order valence-corrected chi connectivity index (χ3v) is 3.95. The summed E-state index contributed by atoms with van der Waals surface area (Å²) in [5.74, 6) is 0. The normalized spacial score (nSPS) is 11.0. The lowest BCUT2D eigenvalue weighted by Gasteiger charge is -2.10. The monoisotopic (exact) mass is 258 g/mol. The highest BCUT2D eigenvalue weighted by atomic mass is 35.5. The average molecular weight is 260 g/mol. The molecule has 0 atom stereocenters. The highest BCUT2D eigenvalue weighted by molar-refractivity contribution is 6.48. The second-order valence-corrected chi connectivity index (χ2v) is 4.75. The first-order chi connectivity index (χ1) is 7.02. The van der Waals surface area contributed by atoms with E-state index in [2.05, 4.69) is 0 Å². The molecular weight excluding hydrogens is 250 g/mol. The Balaban J connectivity index is 3.00. The van der Waals surface area contributed by atoms with Crippen LogP contribution in [-0.2, 0) is 0 Å². The second kappa shape index (κ2) is 3.86. The standard InChI is InChI=1S/C12H9Cl3/c1-6-3-4-8-9(5-6)10(13)7(2)11(14)12(8)15/h3-5H,1-2H3. The Morgan fingerprint density at radius 1 is 0.800 bits per heavy atom. The molecule has 0 saturated heterocycles. The molecular formula is C12H9Cl3. The fraction of sp³-hybridized carbons (Fsp3) is 0.167. The van der Waals surface area contributed by atoms with Gasteiger partial charge in [0.1, 0.15) is 0 Å². The summed E-state index contributed by atoms with van der Waals surface area (Å²) in [7, 11) is 0. The Labute approximate surface area is 104 Å². The van der Waals surface area contributed by atoms with Crippen LogP contribution in [0.5, 0.6) is 0 Å². The van der Waals surface area contributed by atoms with Gasteiger partial charge < -0.3 is 0 Å². The Morgan fingerprint density at radius 2 is 1.47 bits per heavy atom. The number of hydrogen-bond acceptors (Lipinski definition) is 0. The van der Waals surface area contributed by atoms with Crippen molar-refractivity contribution in [2.75, 3.05) is 0 Å². The molecule has 0 saturated carbocycles. The van der Waals surface area contributed by atoms with E-state index in [4.69, 9.17) is 34.8 Å². The van der Waals surface area contributed by atoms with Gasteiger partial charge in [0.25, 0.3) is 0 Å². The maximum atomic E-state index is 6.23. The van der Waals surface area contributed by atoms with Crippen molar-refractivity contribution in [2.45, 2.75) is 13.8 Å². The molecule has 0 bridgehead atoms. The predicted molar refractivity (Wildman–Crippen MR) is 68.5 cm³/mol. The van der Waals surface area contributed by atoms with E-state index in [0.717, 1.165) is 21.9 Å². The zero-order valence-electron chi connectivity index (χ0n) is 8.37. The first kappa shape index (κ1) is 11.1. The van der Waals surface area contributed by atoms with Crippen molar-refractivity contribution in [1.82, 2.24) is 0 Å². The molecule has 0 spiro atoms. The number of hydrogen-bond donors (Lipinski definition) is 0. The molecule has 2 aromatic carbocycles. The van der Waals surface area contributed by atoms with E-state index in [1.807, 2.05) is 32.0 Å². The maximum Gasteiger partial charge on any atom is 0.0674 e. The Hall–Kier alpha value is -0.430. The summed E-state index contributed by atoms with van der Waals surface area (Å²) in [5, 5.41) is 3.67. The molecule has 2 aromatic rings. The number of fused-ring (bicyclic) bond motifs is 1. The molecule has 0 fully saturated rings. The number of rotatable bonds is 0. The fourth-order valence-electron chi connectivity index (χ4n) is 1.61. The van der Waals surface area contributed by atoms with Gasteiger partial charge in [-0.05, 0) is 25.5 Å². The van der Waals surface area contributed by atoms with Crippen LogP contribution >= 0.6 is 34.8 Å². The van der Waals surface area contributed by atoms with E-state index in [0.29, 0.717) is 15.1 Å². The Kier molecular flexibility index (Phi) is 2.85. The van der Waals surface area contributed by atoms with Gasteiger partial charge >= 0.3 is 0 Å². The first-order valence-electron chi connectivity index (χ1n) is 4.55. The van der Waals surface area contributed by atoms with Crippen LogP contribution < -0.4 is 0 Å². The van der Waals surface area contributed by atoms with Crippen molar-refractivity contribution in [2.24, 2.45) is 0 Å². The molecule has 0 aromatic heterocycles. The molecule has 0 aliphatic heterocycles. The van der Waals surface area contributed by atoms with Crippen LogP contribution in [0, 0.1) is 13.8 Å². The van der Waals surface area contributed by atoms with Crippen LogP contribution in [0.25, 0.3) is 10.8 Å². The molecule has 0 heterocycles. The molecule has 0 radical (unpaired) electrons. The van der Waals surface area contributed by atoms with E-state index in [-0.39, 0.29) is 0 Å². The molecule has 0 nitrogen and oxygen atoms in total. The molecule has 0 amide bonds. The molecule has 3 heteroatoms. The lowest BCUT2D eigenvalue weighted by molar-refractivity contribution is 1.47. The first-order valence-corrected chi connectivity index (χ1v) is 5.69. The number of halogens is 3. The van der Waals surface area contributed by atoms with Gasteiger partial charge in [-0.15, -0.1) is 0 Å². The minimum atomic E-state index is 0.540. The van der Waals surface area contributed by atoms with Crippen LogP contribution in [0.1, 0.15) is 11.1 Å². The van der Waals surface area contributed by atoms with E-state index >= 15 is 0 Å². The van der Waals surface area contributed by atoms with Crippen LogP contribution in [0.3, 0.4) is 0 Å². The van der Waals surface area contributed by atoms with Gasteiger partial charge in [-0.2, -0.15) is 0 Å². The van der Waals surface area contributed by atoms with Gasteiger partial charge in [-0.3, -0.25) is 0 Å². The van der Waals surface area contributed by atoms with Crippen LogP contribution in [0.2, 0.25) is 15.1 Å². The van der Waals surface area contributed by atoms with Crippen molar-refractivity contribution >= 4 is 45.6 Å². The van der Waals surface area contributed by atoms with Crippen molar-refractivity contribution in [1.29, 1.82) is 0 Å². The Bertz CT molecular complexity index is 544. The molecule has 15 heavy (non-hydrogen) atoms. The van der Waals surface area contributed by atoms with Crippen LogP contribution in [0.15, 0.2) is 18.2 Å². The SMILES string of the molecule is Cc1ccc2c(Cl)c(Cl)c(C)c(Cl)c2c1. The topological polar surface area (TPSA) is 0 Å². The van der Waals surface area contributed by atoms with Crippen molar-refractivity contribution in [3.8, 4) is 0 Å². The summed E-state index contributed by atoms with van der Waals surface area (Å²) in [6.07, 6.45) is 0. The van der Waals surface area contributed by atoms with Crippen molar-refractivity contribution in [3.05, 3.63) is 44.4 Å². The summed E-state index contributed by atoms with van der Waals surface area (Å²) >= 11 is 18.5. The predicted octanol–water partition coefficient (Wildman–Crippen LogP) is 5.42. The lowest BCUT2D eigenvalue weighted by atomic mass is 10.0. The number of benzene rings is 2. The van der Waals surface area contributed by atoms with Gasteiger partial charge in [0.05, 0.1) is 15.1 Å². The van der Waals surface area contributed by atoms with E-state index in [1.165, 1.54) is 0 Å². The molecule has 0 unspecified atom stereocenters. The van der Waals surface area contributed by atoms with Gasteiger partial charge in [-0.25, -0.2) is 0 Å². The highest BCUT2D eigenvalue weighted by Crippen LogP contribution is 2.39. The van der Waals surface area contributed by atoms with Gasteiger partial charge in [0, 0.05) is 10.8 Å². The summed E-state index contributed by atoms with van der Waals surface area (Å²) in [6, 6.07) is 5.97.